The Labute approximate surface area is 151 Å². The van der Waals surface area contributed by atoms with E-state index in [0.717, 1.165) is 17.3 Å². The summed E-state index contributed by atoms with van der Waals surface area (Å²) in [6, 6.07) is 14.3. The van der Waals surface area contributed by atoms with E-state index in [1.807, 2.05) is 25.1 Å². The predicted octanol–water partition coefficient (Wildman–Crippen LogP) is 5.67. The molecular weight excluding hydrogens is 338 g/mol. The molecule has 0 N–H and O–H groups in total. The summed E-state index contributed by atoms with van der Waals surface area (Å²) in [7, 11) is 0. The molecule has 2 aromatic carbocycles. The highest BCUT2D eigenvalue weighted by atomic mass is 35.5. The van der Waals surface area contributed by atoms with Crippen LogP contribution in [0, 0.1) is 0 Å². The average molecular weight is 356 g/mol. The second-order valence-electron chi connectivity index (χ2n) is 5.66. The largest absolute Gasteiger partial charge is 0.492 e. The maximum absolute atomic E-state index is 11.5. The molecule has 4 nitrogen and oxygen atoms in total. The fraction of sp³-hybridized carbons (Fsp3) is 0.200. The van der Waals surface area contributed by atoms with Crippen molar-refractivity contribution in [1.29, 1.82) is 0 Å². The van der Waals surface area contributed by atoms with Gasteiger partial charge in [-0.15, -0.1) is 0 Å². The van der Waals surface area contributed by atoms with E-state index in [0.29, 0.717) is 34.6 Å². The Bertz CT molecular complexity index is 924. The third-order valence-electron chi connectivity index (χ3n) is 3.66. The quantitative estimate of drug-likeness (QED) is 0.534. The van der Waals surface area contributed by atoms with Gasteiger partial charge in [-0.2, -0.15) is 0 Å². The number of ketones is 1. The first-order valence-electron chi connectivity index (χ1n) is 8.09. The van der Waals surface area contributed by atoms with Crippen LogP contribution in [0.15, 0.2) is 48.5 Å². The molecule has 0 atom stereocenters. The first-order chi connectivity index (χ1) is 12.1. The summed E-state index contributed by atoms with van der Waals surface area (Å²) in [6.07, 6.45) is 0.918. The SMILES string of the molecule is CCCOc1ccc(Oc2ccc3cc(C(C)=O)ccc3n2)cc1Cl. The number of carbonyl (C=O) groups is 1. The van der Waals surface area contributed by atoms with Gasteiger partial charge in [-0.25, -0.2) is 4.98 Å². The molecule has 3 aromatic rings. The lowest BCUT2D eigenvalue weighted by Gasteiger charge is -2.10. The van der Waals surface area contributed by atoms with Gasteiger partial charge in [0, 0.05) is 23.1 Å². The van der Waals surface area contributed by atoms with Crippen LogP contribution < -0.4 is 9.47 Å². The van der Waals surface area contributed by atoms with Gasteiger partial charge in [-0.05, 0) is 49.7 Å². The van der Waals surface area contributed by atoms with Crippen LogP contribution in [0.3, 0.4) is 0 Å². The number of halogens is 1. The zero-order valence-corrected chi connectivity index (χ0v) is 14.8. The molecule has 0 unspecified atom stereocenters. The second kappa shape index (κ2) is 7.53. The zero-order chi connectivity index (χ0) is 17.8. The number of rotatable bonds is 6. The molecule has 0 aliphatic rings. The van der Waals surface area contributed by atoms with Crippen molar-refractivity contribution in [3.63, 3.8) is 0 Å². The molecule has 0 amide bonds. The predicted molar refractivity (Wildman–Crippen MR) is 99.1 cm³/mol. The van der Waals surface area contributed by atoms with Crippen LogP contribution in [0.25, 0.3) is 10.9 Å². The third-order valence-corrected chi connectivity index (χ3v) is 3.95. The highest BCUT2D eigenvalue weighted by molar-refractivity contribution is 6.32. The van der Waals surface area contributed by atoms with Crippen LogP contribution in [-0.2, 0) is 0 Å². The van der Waals surface area contributed by atoms with E-state index in [-0.39, 0.29) is 5.78 Å². The Hall–Kier alpha value is -2.59. The van der Waals surface area contributed by atoms with Gasteiger partial charge in [-0.3, -0.25) is 4.79 Å². The lowest BCUT2D eigenvalue weighted by Crippen LogP contribution is -1.96. The molecule has 0 aliphatic heterocycles. The molecule has 0 spiro atoms. The Morgan fingerprint density at radius 2 is 1.96 bits per heavy atom. The number of hydrogen-bond acceptors (Lipinski definition) is 4. The van der Waals surface area contributed by atoms with Gasteiger partial charge in [0.1, 0.15) is 11.5 Å². The van der Waals surface area contributed by atoms with Gasteiger partial charge in [0.15, 0.2) is 5.78 Å². The number of hydrogen-bond donors (Lipinski definition) is 0. The number of ether oxygens (including phenoxy) is 2. The molecule has 1 aromatic heterocycles. The van der Waals surface area contributed by atoms with Gasteiger partial charge >= 0.3 is 0 Å². The van der Waals surface area contributed by atoms with Crippen molar-refractivity contribution in [2.45, 2.75) is 20.3 Å². The monoisotopic (exact) mass is 355 g/mol. The smallest absolute Gasteiger partial charge is 0.219 e. The fourth-order valence-corrected chi connectivity index (χ4v) is 2.60. The first kappa shape index (κ1) is 17.2. The molecule has 0 aliphatic carbocycles. The van der Waals surface area contributed by atoms with Crippen LogP contribution in [-0.4, -0.2) is 17.4 Å². The fourth-order valence-electron chi connectivity index (χ4n) is 2.38. The number of pyridine rings is 1. The van der Waals surface area contributed by atoms with Gasteiger partial charge < -0.3 is 9.47 Å². The Morgan fingerprint density at radius 3 is 2.68 bits per heavy atom. The van der Waals surface area contributed by atoms with Crippen molar-refractivity contribution < 1.29 is 14.3 Å². The molecule has 128 valence electrons. The van der Waals surface area contributed by atoms with Crippen molar-refractivity contribution in [3.05, 3.63) is 59.1 Å². The maximum Gasteiger partial charge on any atom is 0.219 e. The molecule has 0 saturated heterocycles. The van der Waals surface area contributed by atoms with Crippen molar-refractivity contribution in [2.75, 3.05) is 6.61 Å². The molecular formula is C20H18ClNO3. The summed E-state index contributed by atoms with van der Waals surface area (Å²) in [5, 5.41) is 1.39. The Balaban J connectivity index is 1.81. The highest BCUT2D eigenvalue weighted by Crippen LogP contribution is 2.31. The van der Waals surface area contributed by atoms with E-state index < -0.39 is 0 Å². The topological polar surface area (TPSA) is 48.4 Å². The molecule has 25 heavy (non-hydrogen) atoms. The summed E-state index contributed by atoms with van der Waals surface area (Å²) in [5.74, 6) is 1.71. The first-order valence-corrected chi connectivity index (χ1v) is 8.46. The van der Waals surface area contributed by atoms with E-state index in [4.69, 9.17) is 21.1 Å². The van der Waals surface area contributed by atoms with E-state index in [1.54, 1.807) is 37.3 Å². The lowest BCUT2D eigenvalue weighted by atomic mass is 10.1. The van der Waals surface area contributed by atoms with Crippen LogP contribution in [0.4, 0.5) is 0 Å². The zero-order valence-electron chi connectivity index (χ0n) is 14.1. The summed E-state index contributed by atoms with van der Waals surface area (Å²) < 4.78 is 11.3. The van der Waals surface area contributed by atoms with Gasteiger partial charge in [0.2, 0.25) is 5.88 Å². The van der Waals surface area contributed by atoms with E-state index in [9.17, 15) is 4.79 Å². The molecule has 0 radical (unpaired) electrons. The van der Waals surface area contributed by atoms with Gasteiger partial charge in [-0.1, -0.05) is 18.5 Å². The number of Topliss-reactive ketones (excluding diaryl/α,β-unsaturated/α-hetero) is 1. The number of carbonyl (C=O) groups excluding carboxylic acids is 1. The minimum absolute atomic E-state index is 0.0299. The number of benzene rings is 2. The molecule has 0 saturated carbocycles. The number of aromatic nitrogens is 1. The van der Waals surface area contributed by atoms with Crippen molar-refractivity contribution in [3.8, 4) is 17.4 Å². The second-order valence-corrected chi connectivity index (χ2v) is 6.06. The van der Waals surface area contributed by atoms with Crippen LogP contribution in [0.2, 0.25) is 5.02 Å². The normalized spacial score (nSPS) is 10.7. The van der Waals surface area contributed by atoms with Crippen LogP contribution >= 0.6 is 11.6 Å². The molecule has 3 rings (SSSR count). The maximum atomic E-state index is 11.5. The highest BCUT2D eigenvalue weighted by Gasteiger charge is 2.07. The van der Waals surface area contributed by atoms with Gasteiger partial charge in [0.25, 0.3) is 0 Å². The summed E-state index contributed by atoms with van der Waals surface area (Å²) in [4.78, 5) is 15.9. The van der Waals surface area contributed by atoms with Crippen molar-refractivity contribution in [2.24, 2.45) is 0 Å². The third kappa shape index (κ3) is 4.09. The standard InChI is InChI=1S/C20H18ClNO3/c1-3-10-24-19-8-6-16(12-17(19)21)25-20-9-5-15-11-14(13(2)23)4-7-18(15)22-20/h4-9,11-12H,3,10H2,1-2H3. The average Bonchev–Trinajstić information content (AvgIpc) is 2.60. The van der Waals surface area contributed by atoms with Crippen molar-refractivity contribution in [1.82, 2.24) is 4.98 Å². The molecule has 0 bridgehead atoms. The number of nitrogens with zero attached hydrogens (tertiary/aromatic N) is 1. The van der Waals surface area contributed by atoms with Gasteiger partial charge in [0.05, 0.1) is 17.1 Å². The molecule has 1 heterocycles. The minimum Gasteiger partial charge on any atom is -0.492 e. The Morgan fingerprint density at radius 1 is 1.12 bits per heavy atom. The summed E-state index contributed by atoms with van der Waals surface area (Å²) in [5.41, 5.74) is 1.42. The van der Waals surface area contributed by atoms with E-state index in [1.165, 1.54) is 0 Å². The minimum atomic E-state index is 0.0299. The molecule has 0 fully saturated rings. The summed E-state index contributed by atoms with van der Waals surface area (Å²) in [6.45, 7) is 4.20. The number of fused-ring (bicyclic) bond motifs is 1. The lowest BCUT2D eigenvalue weighted by molar-refractivity contribution is 0.101. The van der Waals surface area contributed by atoms with Crippen molar-refractivity contribution >= 4 is 28.3 Å². The van der Waals surface area contributed by atoms with Crippen LogP contribution in [0.1, 0.15) is 30.6 Å². The molecule has 5 heteroatoms. The van der Waals surface area contributed by atoms with E-state index >= 15 is 0 Å². The summed E-state index contributed by atoms with van der Waals surface area (Å²) >= 11 is 6.22. The van der Waals surface area contributed by atoms with E-state index in [2.05, 4.69) is 4.98 Å². The van der Waals surface area contributed by atoms with Crippen LogP contribution in [0.5, 0.6) is 17.4 Å². The Kier molecular flexibility index (Phi) is 5.19.